The second-order valence-electron chi connectivity index (χ2n) is 14.5. The summed E-state index contributed by atoms with van der Waals surface area (Å²) >= 11 is 0. The number of rotatable bonds is 40. The summed E-state index contributed by atoms with van der Waals surface area (Å²) in [5, 5.41) is 28.2. The Hall–Kier alpha value is -3.67. The molecule has 0 aromatic rings. The van der Waals surface area contributed by atoms with Crippen LogP contribution < -0.4 is 0 Å². The molecule has 350 valence electrons. The average molecular weight is 887 g/mol. The smallest absolute Gasteiger partial charge is 0.462 e. The molecule has 0 amide bonds. The highest BCUT2D eigenvalue weighted by molar-refractivity contribution is 7.47. The zero-order valence-electron chi connectivity index (χ0n) is 37.6. The number of hydrogen-bond acceptors (Lipinski definition) is 10. The van der Waals surface area contributed by atoms with Crippen LogP contribution in [0.4, 0.5) is 0 Å². The van der Waals surface area contributed by atoms with Crippen molar-refractivity contribution in [2.24, 2.45) is 0 Å². The molecule has 0 spiro atoms. The minimum atomic E-state index is -4.67. The van der Waals surface area contributed by atoms with E-state index in [1.54, 1.807) is 6.08 Å². The zero-order valence-corrected chi connectivity index (χ0v) is 38.5. The number of phosphoric acid groups is 1. The molecule has 0 aliphatic heterocycles. The van der Waals surface area contributed by atoms with Crippen LogP contribution >= 0.6 is 7.82 Å². The Labute approximate surface area is 373 Å². The number of carbonyl (C=O) groups is 2. The average Bonchev–Trinajstić information content (AvgIpc) is 3.26. The first-order chi connectivity index (χ1) is 30.1. The standard InChI is InChI=1S/C50H79O11P/c1-3-5-7-8-9-10-11-12-13-14-15-16-17-20-23-26-29-32-36-40-49(54)58-44-48(45-60-62(56,57)59-43-47(53)42-51)61-50(55)41-37-33-30-27-24-21-18-19-22-25-28-31-35-39-46(52)38-34-6-4-2/h6,9-10,12-13,15-16,19-24,28,30-31,33-35,39,46-48,51-53H,3-5,7-8,11,14,17-18,25-27,29,32,36-38,40-45H2,1-2H3,(H,56,57)/b10-9-,13-12-,16-15-,22-19-,23-20-,24-21-,31-28+,33-30-,34-6-,39-35+/t46?,47-,48+/m0/s1. The molecule has 0 aliphatic rings. The summed E-state index contributed by atoms with van der Waals surface area (Å²) in [6.45, 7) is 1.98. The van der Waals surface area contributed by atoms with E-state index in [2.05, 4.69) is 79.1 Å². The topological polar surface area (TPSA) is 169 Å². The first-order valence-corrected chi connectivity index (χ1v) is 24.1. The minimum absolute atomic E-state index is 0.0282. The van der Waals surface area contributed by atoms with Crippen molar-refractivity contribution in [2.75, 3.05) is 26.4 Å². The maximum atomic E-state index is 12.6. The quantitative estimate of drug-likeness (QED) is 0.0152. The summed E-state index contributed by atoms with van der Waals surface area (Å²) in [7, 11) is -4.67. The summed E-state index contributed by atoms with van der Waals surface area (Å²) in [4.78, 5) is 35.0. The van der Waals surface area contributed by atoms with Crippen LogP contribution in [0.5, 0.6) is 0 Å². The summed E-state index contributed by atoms with van der Waals surface area (Å²) in [5.41, 5.74) is 0. The van der Waals surface area contributed by atoms with Crippen molar-refractivity contribution in [1.82, 2.24) is 0 Å². The second-order valence-corrected chi connectivity index (χ2v) is 16.0. The minimum Gasteiger partial charge on any atom is -0.462 e. The molecule has 0 fully saturated rings. The Bertz CT molecular complexity index is 1450. The van der Waals surface area contributed by atoms with Crippen molar-refractivity contribution in [2.45, 2.75) is 154 Å². The van der Waals surface area contributed by atoms with Crippen LogP contribution in [0.15, 0.2) is 122 Å². The number of allylic oxidation sites excluding steroid dienone is 18. The fraction of sp³-hybridized carbons (Fsp3) is 0.560. The van der Waals surface area contributed by atoms with Gasteiger partial charge >= 0.3 is 19.8 Å². The number of ether oxygens (including phenoxy) is 2. The molecule has 0 aromatic heterocycles. The van der Waals surface area contributed by atoms with Crippen molar-refractivity contribution in [1.29, 1.82) is 0 Å². The molecule has 0 aromatic carbocycles. The van der Waals surface area contributed by atoms with E-state index in [4.69, 9.17) is 19.1 Å². The van der Waals surface area contributed by atoms with E-state index in [-0.39, 0.29) is 19.4 Å². The van der Waals surface area contributed by atoms with Crippen LogP contribution in [-0.2, 0) is 32.7 Å². The lowest BCUT2D eigenvalue weighted by atomic mass is 10.1. The molecule has 11 nitrogen and oxygen atoms in total. The highest BCUT2D eigenvalue weighted by Crippen LogP contribution is 2.43. The number of aliphatic hydroxyl groups is 3. The first-order valence-electron chi connectivity index (χ1n) is 22.6. The Kier molecular flexibility index (Phi) is 41.4. The number of esters is 2. The molecule has 2 unspecified atom stereocenters. The number of hydrogen-bond donors (Lipinski definition) is 4. The third kappa shape index (κ3) is 43.0. The summed E-state index contributed by atoms with van der Waals surface area (Å²) in [5.74, 6) is -1.09. The van der Waals surface area contributed by atoms with Gasteiger partial charge in [-0.05, 0) is 89.9 Å². The Morgan fingerprint density at radius 3 is 1.66 bits per heavy atom. The van der Waals surface area contributed by atoms with Crippen LogP contribution in [-0.4, -0.2) is 76.9 Å². The molecule has 0 saturated heterocycles. The molecule has 0 radical (unpaired) electrons. The predicted octanol–water partition coefficient (Wildman–Crippen LogP) is 11.3. The van der Waals surface area contributed by atoms with E-state index >= 15 is 0 Å². The van der Waals surface area contributed by atoms with Gasteiger partial charge in [0, 0.05) is 12.8 Å². The van der Waals surface area contributed by atoms with Gasteiger partial charge in [0.25, 0.3) is 0 Å². The van der Waals surface area contributed by atoms with Gasteiger partial charge in [-0.2, -0.15) is 0 Å². The van der Waals surface area contributed by atoms with E-state index in [1.165, 1.54) is 25.7 Å². The van der Waals surface area contributed by atoms with E-state index in [1.807, 2.05) is 54.7 Å². The number of unbranched alkanes of at least 4 members (excludes halogenated alkanes) is 6. The largest absolute Gasteiger partial charge is 0.472 e. The molecular weight excluding hydrogens is 808 g/mol. The third-order valence-electron chi connectivity index (χ3n) is 8.69. The van der Waals surface area contributed by atoms with E-state index in [0.717, 1.165) is 57.8 Å². The Morgan fingerprint density at radius 1 is 0.565 bits per heavy atom. The molecule has 0 rings (SSSR count). The molecule has 0 saturated carbocycles. The van der Waals surface area contributed by atoms with Gasteiger partial charge in [-0.15, -0.1) is 0 Å². The van der Waals surface area contributed by atoms with Gasteiger partial charge in [0.05, 0.1) is 25.9 Å². The lowest BCUT2D eigenvalue weighted by Gasteiger charge is -2.20. The Balaban J connectivity index is 4.53. The summed E-state index contributed by atoms with van der Waals surface area (Å²) in [6, 6.07) is 0. The lowest BCUT2D eigenvalue weighted by molar-refractivity contribution is -0.161. The van der Waals surface area contributed by atoms with Crippen LogP contribution in [0.25, 0.3) is 0 Å². The monoisotopic (exact) mass is 887 g/mol. The fourth-order valence-electron chi connectivity index (χ4n) is 5.20. The SMILES string of the molecule is CC/C=C\CC(O)/C=C/C=C/C/C=C\C/C=C\C/C=C\CCC(=O)O[C@H](COC(=O)CCCCC/C=C\C/C=C\C/C=C\C/C=C\CCCCC)COP(=O)(O)OC[C@@H](O)CO. The van der Waals surface area contributed by atoms with Crippen molar-refractivity contribution < 1.29 is 52.9 Å². The van der Waals surface area contributed by atoms with Gasteiger partial charge in [-0.3, -0.25) is 18.6 Å². The van der Waals surface area contributed by atoms with E-state index in [0.29, 0.717) is 25.7 Å². The van der Waals surface area contributed by atoms with Gasteiger partial charge in [-0.1, -0.05) is 155 Å². The maximum absolute atomic E-state index is 12.6. The van der Waals surface area contributed by atoms with Crippen LogP contribution in [0, 0.1) is 0 Å². The van der Waals surface area contributed by atoms with Crippen molar-refractivity contribution in [3.63, 3.8) is 0 Å². The fourth-order valence-corrected chi connectivity index (χ4v) is 5.99. The van der Waals surface area contributed by atoms with Crippen LogP contribution in [0.2, 0.25) is 0 Å². The number of aliphatic hydroxyl groups excluding tert-OH is 3. The van der Waals surface area contributed by atoms with E-state index in [9.17, 15) is 29.3 Å². The zero-order chi connectivity index (χ0) is 45.6. The number of phosphoric ester groups is 1. The first kappa shape index (κ1) is 58.3. The van der Waals surface area contributed by atoms with Crippen molar-refractivity contribution >= 4 is 19.8 Å². The molecule has 4 atom stereocenters. The molecule has 12 heteroatoms. The Morgan fingerprint density at radius 2 is 1.10 bits per heavy atom. The normalized spacial score (nSPS) is 15.4. The van der Waals surface area contributed by atoms with Gasteiger partial charge < -0.3 is 29.7 Å². The molecule has 0 bridgehead atoms. The van der Waals surface area contributed by atoms with Gasteiger partial charge in [0.15, 0.2) is 6.10 Å². The second kappa shape index (κ2) is 44.0. The van der Waals surface area contributed by atoms with Gasteiger partial charge in [0.1, 0.15) is 12.7 Å². The van der Waals surface area contributed by atoms with Crippen molar-refractivity contribution in [3.05, 3.63) is 122 Å². The third-order valence-corrected chi connectivity index (χ3v) is 9.64. The summed E-state index contributed by atoms with van der Waals surface area (Å²) in [6.07, 6.45) is 53.6. The maximum Gasteiger partial charge on any atom is 0.472 e. The van der Waals surface area contributed by atoms with Gasteiger partial charge in [0.2, 0.25) is 0 Å². The predicted molar refractivity (Wildman–Crippen MR) is 252 cm³/mol. The van der Waals surface area contributed by atoms with Crippen LogP contribution in [0.1, 0.15) is 136 Å². The molecule has 4 N–H and O–H groups in total. The molecular formula is C50H79O11P. The highest BCUT2D eigenvalue weighted by atomic mass is 31.2. The molecule has 0 aliphatic carbocycles. The number of carbonyl (C=O) groups excluding carboxylic acids is 2. The van der Waals surface area contributed by atoms with Crippen LogP contribution in [0.3, 0.4) is 0 Å². The lowest BCUT2D eigenvalue weighted by Crippen LogP contribution is -2.29. The molecule has 62 heavy (non-hydrogen) atoms. The van der Waals surface area contributed by atoms with Gasteiger partial charge in [-0.25, -0.2) is 4.57 Å². The summed E-state index contributed by atoms with van der Waals surface area (Å²) < 4.78 is 32.6. The highest BCUT2D eigenvalue weighted by Gasteiger charge is 2.27. The van der Waals surface area contributed by atoms with E-state index < -0.39 is 57.9 Å². The molecule has 0 heterocycles. The van der Waals surface area contributed by atoms with Crippen molar-refractivity contribution in [3.8, 4) is 0 Å².